The van der Waals surface area contributed by atoms with Gasteiger partial charge in [0.05, 0.1) is 25.3 Å². The average molecular weight is 467 g/mol. The van der Waals surface area contributed by atoms with Gasteiger partial charge in [0, 0.05) is 5.70 Å². The van der Waals surface area contributed by atoms with E-state index in [4.69, 9.17) is 14.2 Å². The summed E-state index contributed by atoms with van der Waals surface area (Å²) in [5.74, 6) is 0.656. The molecular formula is C27H34N2O5. The molecule has 1 heterocycles. The molecule has 0 saturated carbocycles. The highest BCUT2D eigenvalue weighted by Gasteiger charge is 2.32. The number of urea groups is 1. The largest absolute Gasteiger partial charge is 0.493 e. The lowest BCUT2D eigenvalue weighted by molar-refractivity contribution is -0.139. The lowest BCUT2D eigenvalue weighted by Crippen LogP contribution is -2.45. The van der Waals surface area contributed by atoms with Crippen LogP contribution in [-0.2, 0) is 16.1 Å². The molecule has 0 aliphatic carbocycles. The number of carbonyl (C=O) groups excluding carboxylic acids is 2. The number of unbranched alkanes of at least 4 members (excludes halogenated alkanes) is 4. The summed E-state index contributed by atoms with van der Waals surface area (Å²) in [4.78, 5) is 25.1. The number of nitrogens with one attached hydrogen (secondary N) is 2. The Balaban J connectivity index is 1.73. The smallest absolute Gasteiger partial charge is 0.338 e. The van der Waals surface area contributed by atoms with Crippen LogP contribution in [0.2, 0.25) is 0 Å². The Labute approximate surface area is 201 Å². The van der Waals surface area contributed by atoms with Gasteiger partial charge in [-0.1, -0.05) is 69.0 Å². The SMILES string of the molecule is CCCCCCCOC(=O)C1=C(C)NC(=O)N[C@H]1c1ccc(OCc2ccccc2)c(OC)c1. The van der Waals surface area contributed by atoms with Crippen LogP contribution >= 0.6 is 0 Å². The fourth-order valence-corrected chi connectivity index (χ4v) is 3.88. The first-order chi connectivity index (χ1) is 16.5. The van der Waals surface area contributed by atoms with Gasteiger partial charge in [-0.15, -0.1) is 0 Å². The minimum absolute atomic E-state index is 0.357. The molecule has 2 amide bonds. The molecule has 2 aromatic carbocycles. The van der Waals surface area contributed by atoms with Crippen molar-refractivity contribution in [3.05, 3.63) is 70.9 Å². The van der Waals surface area contributed by atoms with Gasteiger partial charge >= 0.3 is 12.0 Å². The van der Waals surface area contributed by atoms with Crippen molar-refractivity contribution >= 4 is 12.0 Å². The van der Waals surface area contributed by atoms with Crippen LogP contribution in [0.4, 0.5) is 4.79 Å². The second-order valence-corrected chi connectivity index (χ2v) is 8.30. The van der Waals surface area contributed by atoms with Crippen LogP contribution < -0.4 is 20.1 Å². The Hall–Kier alpha value is -3.48. The normalized spacial score (nSPS) is 15.4. The van der Waals surface area contributed by atoms with Crippen LogP contribution in [0.3, 0.4) is 0 Å². The Morgan fingerprint density at radius 3 is 2.50 bits per heavy atom. The number of ether oxygens (including phenoxy) is 3. The average Bonchev–Trinajstić information content (AvgIpc) is 2.84. The summed E-state index contributed by atoms with van der Waals surface area (Å²) in [6, 6.07) is 14.2. The highest BCUT2D eigenvalue weighted by molar-refractivity contribution is 5.95. The zero-order valence-electron chi connectivity index (χ0n) is 20.2. The summed E-state index contributed by atoms with van der Waals surface area (Å²) in [7, 11) is 1.56. The van der Waals surface area contributed by atoms with Crippen molar-refractivity contribution in [2.24, 2.45) is 0 Å². The number of esters is 1. The molecule has 0 fully saturated rings. The molecule has 0 spiro atoms. The lowest BCUT2D eigenvalue weighted by Gasteiger charge is -2.28. The molecule has 1 aliphatic heterocycles. The zero-order valence-corrected chi connectivity index (χ0v) is 20.2. The molecule has 3 rings (SSSR count). The quantitative estimate of drug-likeness (QED) is 0.322. The fourth-order valence-electron chi connectivity index (χ4n) is 3.88. The van der Waals surface area contributed by atoms with E-state index in [2.05, 4.69) is 17.6 Å². The summed E-state index contributed by atoms with van der Waals surface area (Å²) in [6.45, 7) is 4.62. The van der Waals surface area contributed by atoms with Gasteiger partial charge in [-0.05, 0) is 36.6 Å². The van der Waals surface area contributed by atoms with Gasteiger partial charge in [0.2, 0.25) is 0 Å². The topological polar surface area (TPSA) is 85.9 Å². The first kappa shape index (κ1) is 25.1. The van der Waals surface area contributed by atoms with E-state index >= 15 is 0 Å². The third kappa shape index (κ3) is 6.76. The molecule has 34 heavy (non-hydrogen) atoms. The number of allylic oxidation sites excluding steroid dienone is 1. The van der Waals surface area contributed by atoms with Crippen LogP contribution in [0.15, 0.2) is 59.8 Å². The summed E-state index contributed by atoms with van der Waals surface area (Å²) in [5, 5.41) is 5.52. The van der Waals surface area contributed by atoms with E-state index in [1.165, 1.54) is 12.8 Å². The summed E-state index contributed by atoms with van der Waals surface area (Å²) >= 11 is 0. The molecule has 0 radical (unpaired) electrons. The van der Waals surface area contributed by atoms with E-state index in [0.29, 0.717) is 41.5 Å². The maximum atomic E-state index is 12.9. The van der Waals surface area contributed by atoms with Crippen molar-refractivity contribution in [3.63, 3.8) is 0 Å². The summed E-state index contributed by atoms with van der Waals surface area (Å²) < 4.78 is 17.0. The number of rotatable bonds is 12. The Morgan fingerprint density at radius 2 is 1.76 bits per heavy atom. The van der Waals surface area contributed by atoms with Crippen molar-refractivity contribution in [1.82, 2.24) is 10.6 Å². The summed E-state index contributed by atoms with van der Waals surface area (Å²) in [6.07, 6.45) is 5.33. The van der Waals surface area contributed by atoms with Crippen LogP contribution in [0.1, 0.15) is 63.1 Å². The molecule has 2 aromatic rings. The Morgan fingerprint density at radius 1 is 1.00 bits per heavy atom. The van der Waals surface area contributed by atoms with E-state index in [0.717, 1.165) is 24.8 Å². The first-order valence-electron chi connectivity index (χ1n) is 11.8. The second kappa shape index (κ2) is 12.7. The minimum Gasteiger partial charge on any atom is -0.493 e. The number of carbonyl (C=O) groups is 2. The monoisotopic (exact) mass is 466 g/mol. The van der Waals surface area contributed by atoms with Crippen molar-refractivity contribution in [1.29, 1.82) is 0 Å². The van der Waals surface area contributed by atoms with Crippen LogP contribution in [-0.4, -0.2) is 25.7 Å². The molecular weight excluding hydrogens is 432 g/mol. The van der Waals surface area contributed by atoms with Gasteiger partial charge in [0.15, 0.2) is 11.5 Å². The number of hydrogen-bond donors (Lipinski definition) is 2. The molecule has 2 N–H and O–H groups in total. The zero-order chi connectivity index (χ0) is 24.3. The molecule has 7 heteroatoms. The van der Waals surface area contributed by atoms with Crippen LogP contribution in [0.5, 0.6) is 11.5 Å². The minimum atomic E-state index is -0.654. The van der Waals surface area contributed by atoms with E-state index in [9.17, 15) is 9.59 Å². The number of methoxy groups -OCH3 is 1. The van der Waals surface area contributed by atoms with Gasteiger partial charge in [-0.25, -0.2) is 9.59 Å². The number of benzene rings is 2. The molecule has 1 atom stereocenters. The van der Waals surface area contributed by atoms with Crippen molar-refractivity contribution < 1.29 is 23.8 Å². The van der Waals surface area contributed by atoms with Crippen molar-refractivity contribution in [3.8, 4) is 11.5 Å². The Kier molecular flexibility index (Phi) is 9.38. The highest BCUT2D eigenvalue weighted by Crippen LogP contribution is 2.35. The third-order valence-electron chi connectivity index (χ3n) is 5.73. The molecule has 0 bridgehead atoms. The fraction of sp³-hybridized carbons (Fsp3) is 0.407. The van der Waals surface area contributed by atoms with Crippen LogP contribution in [0.25, 0.3) is 0 Å². The van der Waals surface area contributed by atoms with Crippen molar-refractivity contribution in [2.75, 3.05) is 13.7 Å². The standard InChI is InChI=1S/C27H34N2O5/c1-4-5-6-7-11-16-33-26(30)24-19(2)28-27(31)29-25(24)21-14-15-22(23(17-21)32-3)34-18-20-12-9-8-10-13-20/h8-10,12-15,17,25H,4-7,11,16,18H2,1-3H3,(H2,28,29,31)/t25-/m0/s1. The number of hydrogen-bond acceptors (Lipinski definition) is 5. The van der Waals surface area contributed by atoms with Crippen molar-refractivity contribution in [2.45, 2.75) is 58.6 Å². The molecule has 182 valence electrons. The van der Waals surface area contributed by atoms with Gasteiger partial charge < -0.3 is 24.8 Å². The maximum absolute atomic E-state index is 12.9. The third-order valence-corrected chi connectivity index (χ3v) is 5.73. The van der Waals surface area contributed by atoms with E-state index in [1.54, 1.807) is 26.2 Å². The van der Waals surface area contributed by atoms with E-state index in [1.807, 2.05) is 36.4 Å². The molecule has 0 aromatic heterocycles. The maximum Gasteiger partial charge on any atom is 0.338 e. The second-order valence-electron chi connectivity index (χ2n) is 8.30. The molecule has 0 saturated heterocycles. The first-order valence-corrected chi connectivity index (χ1v) is 11.8. The molecule has 7 nitrogen and oxygen atoms in total. The van der Waals surface area contributed by atoms with Gasteiger partial charge in [-0.3, -0.25) is 0 Å². The van der Waals surface area contributed by atoms with Gasteiger partial charge in [0.25, 0.3) is 0 Å². The lowest BCUT2D eigenvalue weighted by atomic mass is 9.95. The predicted octanol–water partition coefficient (Wildman–Crippen LogP) is 5.42. The molecule has 1 aliphatic rings. The van der Waals surface area contributed by atoms with Gasteiger partial charge in [-0.2, -0.15) is 0 Å². The van der Waals surface area contributed by atoms with Gasteiger partial charge in [0.1, 0.15) is 6.61 Å². The van der Waals surface area contributed by atoms with E-state index < -0.39 is 12.0 Å². The highest BCUT2D eigenvalue weighted by atomic mass is 16.5. The number of amides is 2. The molecule has 0 unspecified atom stereocenters. The van der Waals surface area contributed by atoms with Crippen LogP contribution in [0, 0.1) is 0 Å². The van der Waals surface area contributed by atoms with E-state index in [-0.39, 0.29) is 6.03 Å². The Bertz CT molecular complexity index is 1000. The summed E-state index contributed by atoms with van der Waals surface area (Å²) in [5.41, 5.74) is 2.60. The predicted molar refractivity (Wildman–Crippen MR) is 131 cm³/mol.